The molecule has 0 spiro atoms. The van der Waals surface area contributed by atoms with Crippen LogP contribution in [0.2, 0.25) is 0 Å². The van der Waals surface area contributed by atoms with Crippen LogP contribution in [0, 0.1) is 5.41 Å². The smallest absolute Gasteiger partial charge is 0.161 e. The van der Waals surface area contributed by atoms with Gasteiger partial charge in [-0.3, -0.25) is 5.41 Å². The zero-order valence-electron chi connectivity index (χ0n) is 28.1. The van der Waals surface area contributed by atoms with Crippen molar-refractivity contribution in [3.05, 3.63) is 199 Å². The summed E-state index contributed by atoms with van der Waals surface area (Å²) in [7, 11) is 0. The predicted octanol–water partition coefficient (Wildman–Crippen LogP) is 11.9. The fourth-order valence-electron chi connectivity index (χ4n) is 6.98. The Morgan fingerprint density at radius 3 is 2.04 bits per heavy atom. The minimum Gasteiger partial charge on any atom is -0.464 e. The molecule has 9 rings (SSSR count). The number of amidine groups is 2. The van der Waals surface area contributed by atoms with Crippen LogP contribution in [0.1, 0.15) is 16.7 Å². The van der Waals surface area contributed by atoms with E-state index in [1.807, 2.05) is 84.9 Å². The Morgan fingerprint density at radius 1 is 0.558 bits per heavy atom. The number of hydrogen-bond acceptors (Lipinski definition) is 2. The van der Waals surface area contributed by atoms with Crippen LogP contribution in [-0.2, 0) is 0 Å². The third-order valence-corrected chi connectivity index (χ3v) is 9.43. The maximum Gasteiger partial charge on any atom is 0.161 e. The van der Waals surface area contributed by atoms with E-state index in [1.165, 1.54) is 32.3 Å². The van der Waals surface area contributed by atoms with E-state index in [9.17, 15) is 0 Å². The van der Waals surface area contributed by atoms with Gasteiger partial charge in [-0.1, -0.05) is 140 Å². The Morgan fingerprint density at radius 2 is 1.21 bits per heavy atom. The fraction of sp³-hybridized carbons (Fsp3) is 0. The van der Waals surface area contributed by atoms with Gasteiger partial charge in [0.15, 0.2) is 11.7 Å². The van der Waals surface area contributed by atoms with Crippen LogP contribution in [0.5, 0.6) is 0 Å². The summed E-state index contributed by atoms with van der Waals surface area (Å²) in [6, 6.07) is 59.5. The molecule has 1 N–H and O–H groups in total. The van der Waals surface area contributed by atoms with E-state index in [-0.39, 0.29) is 5.84 Å². The first kappa shape index (κ1) is 30.9. The molecule has 0 amide bonds. The lowest BCUT2D eigenvalue weighted by Gasteiger charge is -2.10. The van der Waals surface area contributed by atoms with Gasteiger partial charge in [-0.2, -0.15) is 0 Å². The molecule has 7 aromatic carbocycles. The second-order valence-electron chi connectivity index (χ2n) is 12.6. The highest BCUT2D eigenvalue weighted by Gasteiger charge is 2.17. The lowest BCUT2D eigenvalue weighted by molar-refractivity contribution is 0.606. The summed E-state index contributed by atoms with van der Waals surface area (Å²) in [5.74, 6) is 0.545. The van der Waals surface area contributed by atoms with Gasteiger partial charge < -0.3 is 8.98 Å². The number of benzene rings is 7. The molecular formula is C47H32N4O. The standard InChI is InChI=1S/C47H32N4O/c48-46(50-47(35-17-5-2-6-18-35)49-31-32-13-3-1-4-14-32)37-19-11-12-28-52-43-30-38(25-22-36(43)29-37)51-42-27-24-33-15-7-9-20-39(33)44(42)41-26-23-34-16-8-10-21-40(34)45(41)51/h1-31,48H/b19-11?,28-12?,37-29?,48-46?,49-31+,50-47-. The van der Waals surface area contributed by atoms with Crippen LogP contribution in [-0.4, -0.2) is 22.5 Å². The van der Waals surface area contributed by atoms with Gasteiger partial charge in [0.2, 0.25) is 0 Å². The van der Waals surface area contributed by atoms with Crippen LogP contribution in [0.3, 0.4) is 0 Å². The molecule has 2 aromatic heterocycles. The van der Waals surface area contributed by atoms with E-state index in [1.54, 1.807) is 12.5 Å². The van der Waals surface area contributed by atoms with Crippen molar-refractivity contribution >= 4 is 72.2 Å². The third-order valence-electron chi connectivity index (χ3n) is 9.43. The summed E-state index contributed by atoms with van der Waals surface area (Å²) in [5, 5.41) is 17.2. The molecule has 0 atom stereocenters. The second kappa shape index (κ2) is 13.3. The number of rotatable bonds is 4. The molecule has 246 valence electrons. The van der Waals surface area contributed by atoms with Crippen molar-refractivity contribution in [1.82, 2.24) is 4.57 Å². The molecule has 5 heteroatoms. The Kier molecular flexibility index (Phi) is 7.91. The Hall–Kier alpha value is -7.11. The van der Waals surface area contributed by atoms with Crippen LogP contribution < -0.4 is 0 Å². The van der Waals surface area contributed by atoms with Crippen molar-refractivity contribution in [1.29, 1.82) is 5.41 Å². The predicted molar refractivity (Wildman–Crippen MR) is 217 cm³/mol. The first-order chi connectivity index (χ1) is 25.7. The average molecular weight is 669 g/mol. The fourth-order valence-corrected chi connectivity index (χ4v) is 6.98. The normalized spacial score (nSPS) is 12.0. The lowest BCUT2D eigenvalue weighted by atomic mass is 10.0. The summed E-state index contributed by atoms with van der Waals surface area (Å²) < 4.78 is 8.63. The molecule has 0 saturated carbocycles. The van der Waals surface area contributed by atoms with Crippen LogP contribution >= 0.6 is 0 Å². The summed E-state index contributed by atoms with van der Waals surface area (Å²) in [6.07, 6.45) is 3.46. The molecule has 5 nitrogen and oxygen atoms in total. The zero-order chi connectivity index (χ0) is 34.9. The topological polar surface area (TPSA) is 66.6 Å². The van der Waals surface area contributed by atoms with Crippen molar-refractivity contribution in [2.45, 2.75) is 0 Å². The first-order valence-corrected chi connectivity index (χ1v) is 17.2. The monoisotopic (exact) mass is 668 g/mol. The molecule has 0 unspecified atom stereocenters. The van der Waals surface area contributed by atoms with Gasteiger partial charge in [-0.15, -0.1) is 0 Å². The highest BCUT2D eigenvalue weighted by atomic mass is 16.3. The molecule has 2 heterocycles. The number of fused-ring (bicyclic) bond motifs is 8. The van der Waals surface area contributed by atoms with Gasteiger partial charge in [-0.25, -0.2) is 9.98 Å². The molecule has 0 saturated heterocycles. The van der Waals surface area contributed by atoms with Crippen LogP contribution in [0.25, 0.3) is 60.0 Å². The molecule has 0 aliphatic heterocycles. The number of nitrogens with one attached hydrogen (secondary N) is 1. The molecule has 52 heavy (non-hydrogen) atoms. The SMILES string of the molecule is N=C(/N=C(\N=C\c1ccccc1)c1ccccc1)c1ccccoc2cc(-n3c4ccc5ccccc5c4c4ccc5ccccc5c43)ccc2c1. The molecule has 9 aromatic rings. The Labute approximate surface area is 300 Å². The van der Waals surface area contributed by atoms with Gasteiger partial charge in [0, 0.05) is 50.6 Å². The van der Waals surface area contributed by atoms with Crippen molar-refractivity contribution in [3.8, 4) is 5.69 Å². The highest BCUT2D eigenvalue weighted by Crippen LogP contribution is 2.40. The van der Waals surface area contributed by atoms with Gasteiger partial charge in [0.1, 0.15) is 5.58 Å². The van der Waals surface area contributed by atoms with E-state index >= 15 is 0 Å². The van der Waals surface area contributed by atoms with Gasteiger partial charge in [0.05, 0.1) is 17.3 Å². The van der Waals surface area contributed by atoms with Gasteiger partial charge in [-0.05, 0) is 52.1 Å². The third kappa shape index (κ3) is 5.70. The number of aliphatic imine (C=N–C) groups is 2. The second-order valence-corrected chi connectivity index (χ2v) is 12.6. The van der Waals surface area contributed by atoms with Crippen molar-refractivity contribution in [3.63, 3.8) is 0 Å². The minimum atomic E-state index is 0.0892. The van der Waals surface area contributed by atoms with E-state index in [4.69, 9.17) is 19.8 Å². The number of hydrogen-bond donors (Lipinski definition) is 1. The van der Waals surface area contributed by atoms with E-state index in [0.717, 1.165) is 33.2 Å². The van der Waals surface area contributed by atoms with Gasteiger partial charge in [0.25, 0.3) is 0 Å². The van der Waals surface area contributed by atoms with E-state index < -0.39 is 0 Å². The Balaban J connectivity index is 1.21. The van der Waals surface area contributed by atoms with Crippen molar-refractivity contribution in [2.75, 3.05) is 0 Å². The first-order valence-electron chi connectivity index (χ1n) is 17.2. The zero-order valence-corrected chi connectivity index (χ0v) is 28.1. The molecule has 0 radical (unpaired) electrons. The number of aromatic nitrogens is 1. The molecule has 0 aliphatic carbocycles. The maximum atomic E-state index is 9.16. The van der Waals surface area contributed by atoms with E-state index in [0.29, 0.717) is 17.0 Å². The minimum absolute atomic E-state index is 0.0892. The van der Waals surface area contributed by atoms with Crippen molar-refractivity contribution in [2.24, 2.45) is 9.98 Å². The summed E-state index contributed by atoms with van der Waals surface area (Å²) in [5.41, 5.74) is 6.34. The molecule has 0 fully saturated rings. The molecule has 0 bridgehead atoms. The molecule has 0 aliphatic rings. The number of nitrogens with zero attached hydrogens (tertiary/aromatic N) is 3. The van der Waals surface area contributed by atoms with Crippen LogP contribution in [0.4, 0.5) is 0 Å². The van der Waals surface area contributed by atoms with Crippen molar-refractivity contribution < 1.29 is 4.42 Å². The van der Waals surface area contributed by atoms with Crippen LogP contribution in [0.15, 0.2) is 197 Å². The Bertz CT molecular complexity index is 2920. The maximum absolute atomic E-state index is 9.16. The average Bonchev–Trinajstić information content (AvgIpc) is 3.59. The quantitative estimate of drug-likeness (QED) is 0.147. The largest absolute Gasteiger partial charge is 0.464 e. The lowest BCUT2D eigenvalue weighted by Crippen LogP contribution is -2.04. The highest BCUT2D eigenvalue weighted by molar-refractivity contribution is 6.26. The molecular weight excluding hydrogens is 637 g/mol. The summed E-state index contributed by atoms with van der Waals surface area (Å²) in [4.78, 5) is 9.48. The summed E-state index contributed by atoms with van der Waals surface area (Å²) in [6.45, 7) is 0. The van der Waals surface area contributed by atoms with Gasteiger partial charge >= 0.3 is 0 Å². The summed E-state index contributed by atoms with van der Waals surface area (Å²) >= 11 is 0. The van der Waals surface area contributed by atoms with E-state index in [2.05, 4.69) is 95.6 Å².